The summed E-state index contributed by atoms with van der Waals surface area (Å²) in [6.07, 6.45) is -0.433. The molecule has 0 aliphatic rings. The number of hydrogen-bond donors (Lipinski definition) is 1. The van der Waals surface area contributed by atoms with Crippen LogP contribution >= 0.6 is 0 Å². The predicted octanol–water partition coefficient (Wildman–Crippen LogP) is 1.93. The van der Waals surface area contributed by atoms with Crippen molar-refractivity contribution in [2.75, 3.05) is 11.4 Å². The van der Waals surface area contributed by atoms with E-state index in [0.29, 0.717) is 6.07 Å². The van der Waals surface area contributed by atoms with Gasteiger partial charge in [-0.15, -0.1) is 0 Å². The second kappa shape index (κ2) is 5.52. The third-order valence-electron chi connectivity index (χ3n) is 2.23. The van der Waals surface area contributed by atoms with Crippen LogP contribution in [-0.4, -0.2) is 23.5 Å². The lowest BCUT2D eigenvalue weighted by molar-refractivity contribution is -0.136. The number of benzene rings is 1. The highest BCUT2D eigenvalue weighted by Gasteiger charge is 2.21. The monoisotopic (exact) mass is 261 g/mol. The van der Waals surface area contributed by atoms with Crippen LogP contribution in [0, 0.1) is 17.5 Å². The van der Waals surface area contributed by atoms with E-state index < -0.39 is 41.4 Å². The average molecular weight is 261 g/mol. The van der Waals surface area contributed by atoms with Crippen molar-refractivity contribution in [1.82, 2.24) is 0 Å². The van der Waals surface area contributed by atoms with Gasteiger partial charge in [0.25, 0.3) is 0 Å². The largest absolute Gasteiger partial charge is 0.481 e. The van der Waals surface area contributed by atoms with Crippen molar-refractivity contribution in [3.8, 4) is 0 Å². The number of rotatable bonds is 4. The molecule has 0 aliphatic heterocycles. The maximum atomic E-state index is 13.4. The van der Waals surface area contributed by atoms with Crippen molar-refractivity contribution in [1.29, 1.82) is 0 Å². The van der Waals surface area contributed by atoms with Crippen LogP contribution in [0.2, 0.25) is 0 Å². The number of carboxylic acid groups (broad SMARTS) is 1. The molecule has 1 aromatic carbocycles. The van der Waals surface area contributed by atoms with Crippen LogP contribution in [-0.2, 0) is 9.59 Å². The zero-order valence-corrected chi connectivity index (χ0v) is 9.41. The number of carbonyl (C=O) groups is 2. The van der Waals surface area contributed by atoms with Crippen LogP contribution < -0.4 is 4.90 Å². The maximum Gasteiger partial charge on any atom is 0.305 e. The molecule has 1 N–H and O–H groups in total. The Kier molecular flexibility index (Phi) is 4.30. The van der Waals surface area contributed by atoms with Crippen molar-refractivity contribution >= 4 is 17.6 Å². The lowest BCUT2D eigenvalue weighted by atomic mass is 10.2. The van der Waals surface area contributed by atoms with Gasteiger partial charge in [-0.3, -0.25) is 9.59 Å². The number of carboxylic acids is 1. The summed E-state index contributed by atoms with van der Waals surface area (Å²) in [4.78, 5) is 22.4. The van der Waals surface area contributed by atoms with Gasteiger partial charge in [0.2, 0.25) is 5.91 Å². The lowest BCUT2D eigenvalue weighted by Crippen LogP contribution is -2.31. The molecule has 0 unspecified atom stereocenters. The number of hydrogen-bond acceptors (Lipinski definition) is 2. The van der Waals surface area contributed by atoms with E-state index >= 15 is 0 Å². The first-order valence-corrected chi connectivity index (χ1v) is 4.98. The third-order valence-corrected chi connectivity index (χ3v) is 2.23. The smallest absolute Gasteiger partial charge is 0.305 e. The average Bonchev–Trinajstić information content (AvgIpc) is 2.28. The molecular weight excluding hydrogens is 251 g/mol. The number of amides is 1. The Balaban J connectivity index is 3.10. The quantitative estimate of drug-likeness (QED) is 0.842. The summed E-state index contributed by atoms with van der Waals surface area (Å²) in [6, 6.07) is 1.56. The zero-order valence-electron chi connectivity index (χ0n) is 9.41. The van der Waals surface area contributed by atoms with Crippen LogP contribution in [0.1, 0.15) is 13.3 Å². The molecule has 0 aromatic heterocycles. The molecule has 1 aromatic rings. The molecule has 0 heterocycles. The van der Waals surface area contributed by atoms with E-state index in [2.05, 4.69) is 0 Å². The molecule has 1 amide bonds. The third kappa shape index (κ3) is 2.99. The van der Waals surface area contributed by atoms with Gasteiger partial charge in [0.15, 0.2) is 17.5 Å². The fourth-order valence-electron chi connectivity index (χ4n) is 1.38. The van der Waals surface area contributed by atoms with E-state index in [1.807, 2.05) is 0 Å². The van der Waals surface area contributed by atoms with Gasteiger partial charge in [0.1, 0.15) is 0 Å². The minimum atomic E-state index is -1.70. The van der Waals surface area contributed by atoms with Crippen molar-refractivity contribution in [2.45, 2.75) is 13.3 Å². The maximum absolute atomic E-state index is 13.4. The summed E-state index contributed by atoms with van der Waals surface area (Å²) in [6.45, 7) is 0.745. The van der Waals surface area contributed by atoms with E-state index in [1.165, 1.54) is 0 Å². The fourth-order valence-corrected chi connectivity index (χ4v) is 1.38. The topological polar surface area (TPSA) is 57.6 Å². The number of halogens is 3. The van der Waals surface area contributed by atoms with Crippen LogP contribution in [0.4, 0.5) is 18.9 Å². The van der Waals surface area contributed by atoms with Crippen molar-refractivity contribution in [3.63, 3.8) is 0 Å². The molecule has 4 nitrogen and oxygen atoms in total. The molecule has 18 heavy (non-hydrogen) atoms. The van der Waals surface area contributed by atoms with Crippen molar-refractivity contribution in [3.05, 3.63) is 29.6 Å². The molecule has 0 radical (unpaired) electrons. The summed E-state index contributed by atoms with van der Waals surface area (Å²) in [5.74, 6) is -6.45. The van der Waals surface area contributed by atoms with Crippen LogP contribution in [0.5, 0.6) is 0 Å². The van der Waals surface area contributed by atoms with Crippen LogP contribution in [0.15, 0.2) is 12.1 Å². The van der Waals surface area contributed by atoms with Crippen LogP contribution in [0.25, 0.3) is 0 Å². The van der Waals surface area contributed by atoms with E-state index in [4.69, 9.17) is 5.11 Å². The SMILES string of the molecule is CC(=O)N(CCC(=O)O)c1ccc(F)c(F)c1F. The van der Waals surface area contributed by atoms with Gasteiger partial charge in [0.05, 0.1) is 12.1 Å². The Morgan fingerprint density at radius 1 is 1.22 bits per heavy atom. The Morgan fingerprint density at radius 3 is 2.33 bits per heavy atom. The Morgan fingerprint density at radius 2 is 1.83 bits per heavy atom. The Labute approximate surface area is 101 Å². The number of anilines is 1. The van der Waals surface area contributed by atoms with Crippen molar-refractivity contribution in [2.24, 2.45) is 0 Å². The second-order valence-corrected chi connectivity index (χ2v) is 3.51. The molecule has 0 saturated carbocycles. The number of nitrogens with zero attached hydrogens (tertiary/aromatic N) is 1. The highest BCUT2D eigenvalue weighted by atomic mass is 19.2. The zero-order chi connectivity index (χ0) is 13.9. The van der Waals surface area contributed by atoms with Gasteiger partial charge in [0, 0.05) is 13.5 Å². The van der Waals surface area contributed by atoms with Gasteiger partial charge >= 0.3 is 5.97 Å². The molecular formula is C11H10F3NO3. The van der Waals surface area contributed by atoms with E-state index in [0.717, 1.165) is 17.9 Å². The minimum absolute atomic E-state index is 0.327. The molecule has 0 fully saturated rings. The highest BCUT2D eigenvalue weighted by molar-refractivity contribution is 5.92. The highest BCUT2D eigenvalue weighted by Crippen LogP contribution is 2.23. The number of aliphatic carboxylic acids is 1. The second-order valence-electron chi connectivity index (χ2n) is 3.51. The van der Waals surface area contributed by atoms with Gasteiger partial charge in [-0.05, 0) is 12.1 Å². The molecule has 1 rings (SSSR count). The van der Waals surface area contributed by atoms with Gasteiger partial charge in [-0.1, -0.05) is 0 Å². The normalized spacial score (nSPS) is 10.2. The van der Waals surface area contributed by atoms with Gasteiger partial charge < -0.3 is 10.0 Å². The van der Waals surface area contributed by atoms with Crippen molar-refractivity contribution < 1.29 is 27.9 Å². The fraction of sp³-hybridized carbons (Fsp3) is 0.273. The standard InChI is InChI=1S/C11H10F3NO3/c1-6(16)15(5-4-9(17)18)8-3-2-7(12)10(13)11(8)14/h2-3H,4-5H2,1H3,(H,17,18). The number of carbonyl (C=O) groups excluding carboxylic acids is 1. The molecule has 0 aliphatic carbocycles. The molecule has 0 bridgehead atoms. The van der Waals surface area contributed by atoms with Crippen LogP contribution in [0.3, 0.4) is 0 Å². The first kappa shape index (κ1) is 14.0. The summed E-state index contributed by atoms with van der Waals surface area (Å²) in [5.41, 5.74) is -0.484. The molecule has 0 atom stereocenters. The predicted molar refractivity (Wildman–Crippen MR) is 56.6 cm³/mol. The van der Waals surface area contributed by atoms with E-state index in [1.54, 1.807) is 0 Å². The summed E-state index contributed by atoms with van der Waals surface area (Å²) in [7, 11) is 0. The molecule has 0 spiro atoms. The summed E-state index contributed by atoms with van der Waals surface area (Å²) < 4.78 is 39.2. The van der Waals surface area contributed by atoms with E-state index in [-0.39, 0.29) is 6.54 Å². The Bertz CT molecular complexity index is 491. The minimum Gasteiger partial charge on any atom is -0.481 e. The Hall–Kier alpha value is -2.05. The van der Waals surface area contributed by atoms with Gasteiger partial charge in [-0.25, -0.2) is 13.2 Å². The molecule has 98 valence electrons. The lowest BCUT2D eigenvalue weighted by Gasteiger charge is -2.21. The summed E-state index contributed by atoms with van der Waals surface area (Å²) in [5, 5.41) is 8.49. The molecule has 0 saturated heterocycles. The summed E-state index contributed by atoms with van der Waals surface area (Å²) >= 11 is 0. The first-order chi connectivity index (χ1) is 8.34. The van der Waals surface area contributed by atoms with Gasteiger partial charge in [-0.2, -0.15) is 0 Å². The first-order valence-electron chi connectivity index (χ1n) is 4.98. The van der Waals surface area contributed by atoms with E-state index in [9.17, 15) is 22.8 Å². The molecule has 7 heteroatoms.